The Kier molecular flexibility index (Phi) is 6.06. The van der Waals surface area contributed by atoms with E-state index >= 15 is 0 Å². The van der Waals surface area contributed by atoms with Gasteiger partial charge < -0.3 is 13.9 Å². The molecular formula is C30H22O6P2. The predicted octanol–water partition coefficient (Wildman–Crippen LogP) is 6.78. The van der Waals surface area contributed by atoms with Gasteiger partial charge in [-0.05, 0) is 34.9 Å². The maximum absolute atomic E-state index is 14.4. The standard InChI is InChI=1S/C30H22O6P2/c31-37(32,22-13-5-2-6-14-22)30-23(21-11-3-1-4-12-21)16-9-19-27(30)26-18-10-17-25-24-15-7-8-20-28(24)35-38(33,34)36-29(25)26/h1-20H,(H,31,32)(H,33,34). The van der Waals surface area contributed by atoms with E-state index in [4.69, 9.17) is 9.05 Å². The third-order valence-electron chi connectivity index (χ3n) is 6.43. The summed E-state index contributed by atoms with van der Waals surface area (Å²) < 4.78 is 38.3. The number of para-hydroxylation sites is 2. The van der Waals surface area contributed by atoms with Crippen molar-refractivity contribution in [3.63, 3.8) is 0 Å². The van der Waals surface area contributed by atoms with Gasteiger partial charge in [-0.25, -0.2) is 4.57 Å². The van der Waals surface area contributed by atoms with Gasteiger partial charge in [0, 0.05) is 22.0 Å². The van der Waals surface area contributed by atoms with Crippen LogP contribution in [0.2, 0.25) is 0 Å². The van der Waals surface area contributed by atoms with Gasteiger partial charge in [0.25, 0.3) is 7.37 Å². The Hall–Kier alpha value is -3.92. The second kappa shape index (κ2) is 9.43. The fourth-order valence-corrected chi connectivity index (χ4v) is 7.54. The summed E-state index contributed by atoms with van der Waals surface area (Å²) in [5.74, 6) is 0.312. The second-order valence-electron chi connectivity index (χ2n) is 8.81. The molecule has 2 atom stereocenters. The summed E-state index contributed by atoms with van der Waals surface area (Å²) in [6, 6.07) is 35.3. The van der Waals surface area contributed by atoms with Crippen LogP contribution in [0.1, 0.15) is 0 Å². The third-order valence-corrected chi connectivity index (χ3v) is 9.36. The minimum atomic E-state index is -4.56. The second-order valence-corrected chi connectivity index (χ2v) is 12.2. The van der Waals surface area contributed by atoms with Crippen LogP contribution < -0.4 is 19.7 Å². The molecule has 2 N–H and O–H groups in total. The minimum Gasteiger partial charge on any atom is -0.395 e. The number of rotatable bonds is 4. The summed E-state index contributed by atoms with van der Waals surface area (Å²) in [5.41, 5.74) is 3.26. The van der Waals surface area contributed by atoms with Gasteiger partial charge in [-0.1, -0.05) is 103 Å². The molecule has 0 saturated heterocycles. The van der Waals surface area contributed by atoms with E-state index in [9.17, 15) is 18.9 Å². The average molecular weight is 540 g/mol. The van der Waals surface area contributed by atoms with E-state index in [1.807, 2.05) is 30.3 Å². The summed E-state index contributed by atoms with van der Waals surface area (Å²) in [5, 5.41) is 0.481. The number of phosphoric ester groups is 1. The molecule has 0 fully saturated rings. The summed E-state index contributed by atoms with van der Waals surface area (Å²) in [4.78, 5) is 22.3. The molecule has 188 valence electrons. The zero-order valence-electron chi connectivity index (χ0n) is 20.0. The van der Waals surface area contributed by atoms with E-state index in [2.05, 4.69) is 0 Å². The van der Waals surface area contributed by atoms with E-state index < -0.39 is 15.2 Å². The molecule has 0 bridgehead atoms. The highest BCUT2D eigenvalue weighted by Crippen LogP contribution is 2.56. The first-order valence-electron chi connectivity index (χ1n) is 11.9. The molecule has 1 heterocycles. The van der Waals surface area contributed by atoms with Crippen LogP contribution in [0.3, 0.4) is 0 Å². The summed E-state index contributed by atoms with van der Waals surface area (Å²) in [6.45, 7) is 0. The molecule has 8 heteroatoms. The number of phosphoric acid groups is 1. The van der Waals surface area contributed by atoms with Gasteiger partial charge in [-0.3, -0.25) is 9.46 Å². The van der Waals surface area contributed by atoms with E-state index in [1.165, 1.54) is 0 Å². The average Bonchev–Trinajstić information content (AvgIpc) is 3.05. The molecule has 0 spiro atoms. The fraction of sp³-hybridized carbons (Fsp3) is 0. The lowest BCUT2D eigenvalue weighted by molar-refractivity contribution is 0.295. The van der Waals surface area contributed by atoms with Gasteiger partial charge in [0.2, 0.25) is 0 Å². The molecule has 6 rings (SSSR count). The summed E-state index contributed by atoms with van der Waals surface area (Å²) in [7, 11) is -8.72. The Bertz CT molecular complexity index is 1750. The quantitative estimate of drug-likeness (QED) is 0.244. The van der Waals surface area contributed by atoms with Gasteiger partial charge in [-0.15, -0.1) is 0 Å². The summed E-state index contributed by atoms with van der Waals surface area (Å²) in [6.07, 6.45) is 0. The Morgan fingerprint density at radius 1 is 0.579 bits per heavy atom. The highest BCUT2D eigenvalue weighted by atomic mass is 31.2. The van der Waals surface area contributed by atoms with Gasteiger partial charge in [0.15, 0.2) is 0 Å². The lowest BCUT2D eigenvalue weighted by Gasteiger charge is -2.22. The molecule has 5 aromatic carbocycles. The predicted molar refractivity (Wildman–Crippen MR) is 149 cm³/mol. The molecule has 6 nitrogen and oxygen atoms in total. The van der Waals surface area contributed by atoms with Crippen molar-refractivity contribution in [2.75, 3.05) is 0 Å². The molecule has 0 aromatic heterocycles. The van der Waals surface area contributed by atoms with Crippen molar-refractivity contribution < 1.29 is 28.0 Å². The number of hydrogen-bond donors (Lipinski definition) is 2. The van der Waals surface area contributed by atoms with E-state index in [0.29, 0.717) is 27.8 Å². The zero-order chi connectivity index (χ0) is 26.3. The van der Waals surface area contributed by atoms with Crippen LogP contribution in [0, 0.1) is 0 Å². The Labute approximate surface area is 219 Å². The van der Waals surface area contributed by atoms with Crippen molar-refractivity contribution in [1.82, 2.24) is 0 Å². The molecule has 1 aliphatic heterocycles. The topological polar surface area (TPSA) is 93.1 Å². The largest absolute Gasteiger partial charge is 0.584 e. The normalized spacial score (nSPS) is 17.6. The molecule has 38 heavy (non-hydrogen) atoms. The molecule has 0 aliphatic carbocycles. The van der Waals surface area contributed by atoms with Crippen molar-refractivity contribution in [1.29, 1.82) is 0 Å². The number of fused-ring (bicyclic) bond motifs is 3. The van der Waals surface area contributed by atoms with Gasteiger partial charge >= 0.3 is 7.82 Å². The first-order valence-corrected chi connectivity index (χ1v) is 15.0. The van der Waals surface area contributed by atoms with Crippen molar-refractivity contribution in [3.8, 4) is 44.9 Å². The van der Waals surface area contributed by atoms with E-state index in [-0.39, 0.29) is 22.1 Å². The Balaban J connectivity index is 1.69. The van der Waals surface area contributed by atoms with E-state index in [0.717, 1.165) is 5.56 Å². The first-order chi connectivity index (χ1) is 18.4. The molecule has 2 unspecified atom stereocenters. The van der Waals surface area contributed by atoms with Crippen molar-refractivity contribution in [2.45, 2.75) is 0 Å². The molecular weight excluding hydrogens is 518 g/mol. The highest BCUT2D eigenvalue weighted by molar-refractivity contribution is 7.74. The van der Waals surface area contributed by atoms with Crippen LogP contribution in [0.4, 0.5) is 0 Å². The van der Waals surface area contributed by atoms with Crippen LogP contribution in [0.5, 0.6) is 11.5 Å². The van der Waals surface area contributed by atoms with Crippen LogP contribution in [0.15, 0.2) is 121 Å². The summed E-state index contributed by atoms with van der Waals surface area (Å²) >= 11 is 0. The maximum atomic E-state index is 14.4. The van der Waals surface area contributed by atoms with Gasteiger partial charge in [0.05, 0.1) is 5.30 Å². The van der Waals surface area contributed by atoms with Crippen molar-refractivity contribution in [2.24, 2.45) is 0 Å². The molecule has 0 saturated carbocycles. The monoisotopic (exact) mass is 540 g/mol. The minimum absolute atomic E-state index is 0.0998. The van der Waals surface area contributed by atoms with Crippen LogP contribution in [-0.4, -0.2) is 9.79 Å². The van der Waals surface area contributed by atoms with Crippen molar-refractivity contribution >= 4 is 25.8 Å². The fourth-order valence-electron chi connectivity index (χ4n) is 4.78. The lowest BCUT2D eigenvalue weighted by Crippen LogP contribution is -2.20. The van der Waals surface area contributed by atoms with Gasteiger partial charge in [-0.2, -0.15) is 0 Å². The lowest BCUT2D eigenvalue weighted by atomic mass is 9.94. The maximum Gasteiger partial charge on any atom is 0.584 e. The van der Waals surface area contributed by atoms with Crippen LogP contribution in [0.25, 0.3) is 33.4 Å². The van der Waals surface area contributed by atoms with Gasteiger partial charge in [0.1, 0.15) is 11.5 Å². The van der Waals surface area contributed by atoms with Crippen LogP contribution >= 0.6 is 15.2 Å². The Morgan fingerprint density at radius 2 is 1.11 bits per heavy atom. The van der Waals surface area contributed by atoms with Crippen molar-refractivity contribution in [3.05, 3.63) is 121 Å². The number of hydrogen-bond acceptors (Lipinski definition) is 4. The molecule has 5 aromatic rings. The molecule has 0 amide bonds. The number of benzene rings is 5. The third kappa shape index (κ3) is 4.28. The SMILES string of the molecule is O=P1(O)Oc2ccccc2-c2cccc(-c3cccc(-c4ccccc4)c3P(=O)(O)c3ccccc3)c2O1. The highest BCUT2D eigenvalue weighted by Gasteiger charge is 2.36. The zero-order valence-corrected chi connectivity index (χ0v) is 21.8. The smallest absolute Gasteiger partial charge is 0.395 e. The van der Waals surface area contributed by atoms with E-state index in [1.54, 1.807) is 91.0 Å². The first kappa shape index (κ1) is 24.4. The Morgan fingerprint density at radius 3 is 1.82 bits per heavy atom. The molecule has 0 radical (unpaired) electrons. The molecule has 1 aliphatic rings. The van der Waals surface area contributed by atoms with Crippen LogP contribution in [-0.2, 0) is 9.13 Å².